The standard InChI is InChI=1S/C45H82O5/c1-3-5-7-9-11-13-15-17-19-20-21-22-23-24-26-27-29-31-33-35-37-39-44(47)49-42-43(41-46)50-45(48)40-38-36-34-32-30-28-25-18-16-14-12-10-8-6-4-2/h6,8,12,14,18,25,43,46H,3-5,7,9-11,13,15-17,19-24,26-42H2,1-2H3/b8-6-,14-12-,25-18-. The number of carbonyl (C=O) groups excluding carboxylic acids is 2. The maximum absolute atomic E-state index is 12.2. The predicted molar refractivity (Wildman–Crippen MR) is 214 cm³/mol. The molecule has 0 amide bonds. The van der Waals surface area contributed by atoms with E-state index in [1.54, 1.807) is 0 Å². The number of carbonyl (C=O) groups is 2. The van der Waals surface area contributed by atoms with Crippen LogP contribution in [0.5, 0.6) is 0 Å². The van der Waals surface area contributed by atoms with E-state index in [4.69, 9.17) is 9.47 Å². The second-order valence-electron chi connectivity index (χ2n) is 14.4. The third-order valence-electron chi connectivity index (χ3n) is 9.45. The third kappa shape index (κ3) is 38.9. The quantitative estimate of drug-likeness (QED) is 0.0392. The van der Waals surface area contributed by atoms with Gasteiger partial charge in [0.05, 0.1) is 6.61 Å². The van der Waals surface area contributed by atoms with E-state index in [2.05, 4.69) is 50.3 Å². The number of hydrogen-bond acceptors (Lipinski definition) is 5. The Balaban J connectivity index is 3.50. The van der Waals surface area contributed by atoms with Gasteiger partial charge in [-0.3, -0.25) is 9.59 Å². The summed E-state index contributed by atoms with van der Waals surface area (Å²) in [7, 11) is 0. The lowest BCUT2D eigenvalue weighted by Crippen LogP contribution is -2.28. The summed E-state index contributed by atoms with van der Waals surface area (Å²) in [6.45, 7) is 4.03. The van der Waals surface area contributed by atoms with Crippen molar-refractivity contribution in [2.24, 2.45) is 0 Å². The van der Waals surface area contributed by atoms with Crippen molar-refractivity contribution in [1.29, 1.82) is 0 Å². The van der Waals surface area contributed by atoms with E-state index in [9.17, 15) is 14.7 Å². The molecule has 1 unspecified atom stereocenters. The molecule has 0 radical (unpaired) electrons. The van der Waals surface area contributed by atoms with Crippen molar-refractivity contribution in [3.8, 4) is 0 Å². The average Bonchev–Trinajstić information content (AvgIpc) is 3.12. The Morgan fingerprint density at radius 3 is 1.30 bits per heavy atom. The van der Waals surface area contributed by atoms with Crippen LogP contribution in [-0.2, 0) is 19.1 Å². The fourth-order valence-electron chi connectivity index (χ4n) is 6.22. The lowest BCUT2D eigenvalue weighted by Gasteiger charge is -2.15. The van der Waals surface area contributed by atoms with Crippen LogP contribution in [0.3, 0.4) is 0 Å². The summed E-state index contributed by atoms with van der Waals surface area (Å²) < 4.78 is 10.6. The summed E-state index contributed by atoms with van der Waals surface area (Å²) >= 11 is 0. The SMILES string of the molecule is CC/C=C\C/C=C\C/C=C\CCCCCCCC(=O)OC(CO)COC(=O)CCCCCCCCCCCCCCCCCCCCCCC. The van der Waals surface area contributed by atoms with E-state index < -0.39 is 6.10 Å². The molecule has 0 aromatic heterocycles. The number of rotatable bonds is 39. The summed E-state index contributed by atoms with van der Waals surface area (Å²) in [5.41, 5.74) is 0. The smallest absolute Gasteiger partial charge is 0.306 e. The van der Waals surface area contributed by atoms with Crippen molar-refractivity contribution in [2.45, 2.75) is 225 Å². The van der Waals surface area contributed by atoms with Gasteiger partial charge in [0.1, 0.15) is 6.61 Å². The van der Waals surface area contributed by atoms with E-state index in [1.807, 2.05) is 0 Å². The molecule has 0 rings (SSSR count). The second kappa shape index (κ2) is 41.5. The van der Waals surface area contributed by atoms with Gasteiger partial charge in [-0.05, 0) is 44.9 Å². The Kier molecular flexibility index (Phi) is 40.0. The van der Waals surface area contributed by atoms with Gasteiger partial charge in [-0.2, -0.15) is 0 Å². The monoisotopic (exact) mass is 703 g/mol. The molecule has 292 valence electrons. The van der Waals surface area contributed by atoms with Crippen molar-refractivity contribution in [2.75, 3.05) is 13.2 Å². The summed E-state index contributed by atoms with van der Waals surface area (Å²) in [6.07, 6.45) is 50.8. The van der Waals surface area contributed by atoms with Gasteiger partial charge >= 0.3 is 11.9 Å². The van der Waals surface area contributed by atoms with Crippen molar-refractivity contribution < 1.29 is 24.2 Å². The first kappa shape index (κ1) is 48.1. The lowest BCUT2D eigenvalue weighted by molar-refractivity contribution is -0.161. The molecule has 0 saturated carbocycles. The van der Waals surface area contributed by atoms with Crippen LogP contribution in [0.4, 0.5) is 0 Å². The molecule has 0 aliphatic heterocycles. The summed E-state index contributed by atoms with van der Waals surface area (Å²) in [5.74, 6) is -0.603. The highest BCUT2D eigenvalue weighted by molar-refractivity contribution is 5.70. The largest absolute Gasteiger partial charge is 0.462 e. The van der Waals surface area contributed by atoms with Gasteiger partial charge < -0.3 is 14.6 Å². The normalized spacial score (nSPS) is 12.5. The van der Waals surface area contributed by atoms with Crippen LogP contribution in [0.15, 0.2) is 36.5 Å². The van der Waals surface area contributed by atoms with Crippen molar-refractivity contribution in [3.63, 3.8) is 0 Å². The Labute approximate surface area is 310 Å². The molecule has 0 heterocycles. The van der Waals surface area contributed by atoms with E-state index in [-0.39, 0.29) is 25.2 Å². The first-order chi connectivity index (χ1) is 24.6. The first-order valence-electron chi connectivity index (χ1n) is 21.5. The number of aliphatic hydroxyl groups excluding tert-OH is 1. The topological polar surface area (TPSA) is 72.8 Å². The fourth-order valence-corrected chi connectivity index (χ4v) is 6.22. The number of esters is 2. The minimum atomic E-state index is -0.777. The van der Waals surface area contributed by atoms with Crippen LogP contribution in [-0.4, -0.2) is 36.4 Å². The minimum absolute atomic E-state index is 0.0699. The zero-order chi connectivity index (χ0) is 36.4. The molecule has 0 aromatic rings. The molecule has 0 fully saturated rings. The van der Waals surface area contributed by atoms with Gasteiger partial charge in [0.25, 0.3) is 0 Å². The predicted octanol–water partition coefficient (Wildman–Crippen LogP) is 13.6. The number of unbranched alkanes of at least 4 members (excludes halogenated alkanes) is 25. The highest BCUT2D eigenvalue weighted by Crippen LogP contribution is 2.16. The maximum Gasteiger partial charge on any atom is 0.306 e. The molecule has 0 aliphatic rings. The summed E-state index contributed by atoms with van der Waals surface area (Å²) in [6, 6.07) is 0. The number of ether oxygens (including phenoxy) is 2. The van der Waals surface area contributed by atoms with Crippen LogP contribution in [0.25, 0.3) is 0 Å². The molecule has 1 atom stereocenters. The number of aliphatic hydroxyl groups is 1. The highest BCUT2D eigenvalue weighted by atomic mass is 16.6. The van der Waals surface area contributed by atoms with E-state index in [0.717, 1.165) is 70.6 Å². The van der Waals surface area contributed by atoms with Crippen LogP contribution < -0.4 is 0 Å². The minimum Gasteiger partial charge on any atom is -0.462 e. The molecular weight excluding hydrogens is 620 g/mol. The number of allylic oxidation sites excluding steroid dienone is 6. The fraction of sp³-hybridized carbons (Fsp3) is 0.822. The van der Waals surface area contributed by atoms with Gasteiger partial charge in [-0.15, -0.1) is 0 Å². The molecule has 0 bridgehead atoms. The van der Waals surface area contributed by atoms with Crippen LogP contribution in [0.1, 0.15) is 219 Å². The third-order valence-corrected chi connectivity index (χ3v) is 9.45. The van der Waals surface area contributed by atoms with E-state index in [0.29, 0.717) is 12.8 Å². The van der Waals surface area contributed by atoms with Crippen molar-refractivity contribution in [3.05, 3.63) is 36.5 Å². The molecular formula is C45H82O5. The van der Waals surface area contributed by atoms with Gasteiger partial charge in [-0.25, -0.2) is 0 Å². The van der Waals surface area contributed by atoms with E-state index in [1.165, 1.54) is 122 Å². The van der Waals surface area contributed by atoms with Gasteiger partial charge in [0.15, 0.2) is 6.10 Å². The number of hydrogen-bond donors (Lipinski definition) is 1. The van der Waals surface area contributed by atoms with Gasteiger partial charge in [0.2, 0.25) is 0 Å². The first-order valence-corrected chi connectivity index (χ1v) is 21.5. The molecule has 0 aromatic carbocycles. The Morgan fingerprint density at radius 1 is 0.480 bits per heavy atom. The molecule has 5 heteroatoms. The van der Waals surface area contributed by atoms with Crippen LogP contribution in [0.2, 0.25) is 0 Å². The molecule has 0 spiro atoms. The lowest BCUT2D eigenvalue weighted by atomic mass is 10.0. The van der Waals surface area contributed by atoms with Crippen molar-refractivity contribution >= 4 is 11.9 Å². The Hall–Kier alpha value is -1.88. The van der Waals surface area contributed by atoms with E-state index >= 15 is 0 Å². The summed E-state index contributed by atoms with van der Waals surface area (Å²) in [4.78, 5) is 24.3. The van der Waals surface area contributed by atoms with Gasteiger partial charge in [0, 0.05) is 12.8 Å². The van der Waals surface area contributed by atoms with Gasteiger partial charge in [-0.1, -0.05) is 198 Å². The Morgan fingerprint density at radius 2 is 0.860 bits per heavy atom. The highest BCUT2D eigenvalue weighted by Gasteiger charge is 2.16. The molecule has 1 N–H and O–H groups in total. The molecule has 50 heavy (non-hydrogen) atoms. The van der Waals surface area contributed by atoms with Crippen molar-refractivity contribution in [1.82, 2.24) is 0 Å². The zero-order valence-corrected chi connectivity index (χ0v) is 33.2. The molecule has 0 aliphatic carbocycles. The maximum atomic E-state index is 12.2. The van der Waals surface area contributed by atoms with Crippen LogP contribution in [0, 0.1) is 0 Å². The zero-order valence-electron chi connectivity index (χ0n) is 33.2. The second-order valence-corrected chi connectivity index (χ2v) is 14.4. The molecule has 0 saturated heterocycles. The summed E-state index contributed by atoms with van der Waals surface area (Å²) in [5, 5.41) is 9.57. The molecule has 5 nitrogen and oxygen atoms in total. The van der Waals surface area contributed by atoms with Crippen LogP contribution >= 0.6 is 0 Å². The Bertz CT molecular complexity index is 801. The average molecular weight is 703 g/mol.